The largest absolute Gasteiger partial charge is 0.384 e. The van der Waals surface area contributed by atoms with Crippen LogP contribution in [0.4, 0.5) is 0 Å². The van der Waals surface area contributed by atoms with Gasteiger partial charge in [0, 0.05) is 26.0 Å². The number of carbonyl (C=O) groups is 2. The van der Waals surface area contributed by atoms with Gasteiger partial charge in [-0.2, -0.15) is 0 Å². The highest BCUT2D eigenvalue weighted by Crippen LogP contribution is 2.28. The molecule has 0 bridgehead atoms. The van der Waals surface area contributed by atoms with Crippen LogP contribution in [0, 0.1) is 12.3 Å². The molecule has 0 aliphatic carbocycles. The first-order valence-electron chi connectivity index (χ1n) is 9.24. The minimum Gasteiger partial charge on any atom is -0.384 e. The molecule has 144 valence electrons. The average molecular weight is 361 g/mol. The highest BCUT2D eigenvalue weighted by molar-refractivity contribution is 5.79. The molecule has 0 aromatic heterocycles. The lowest BCUT2D eigenvalue weighted by Crippen LogP contribution is -2.47. The van der Waals surface area contributed by atoms with Crippen LogP contribution in [0.2, 0.25) is 0 Å². The number of amides is 2. The van der Waals surface area contributed by atoms with Crippen molar-refractivity contribution in [1.29, 1.82) is 0 Å². The van der Waals surface area contributed by atoms with Crippen molar-refractivity contribution < 1.29 is 14.3 Å². The summed E-state index contributed by atoms with van der Waals surface area (Å²) in [5.41, 5.74) is 2.07. The Kier molecular flexibility index (Phi) is 7.60. The quantitative estimate of drug-likeness (QED) is 0.658. The second-order valence-corrected chi connectivity index (χ2v) is 7.33. The zero-order chi connectivity index (χ0) is 19.0. The van der Waals surface area contributed by atoms with Gasteiger partial charge in [-0.05, 0) is 38.4 Å². The van der Waals surface area contributed by atoms with E-state index < -0.39 is 0 Å². The smallest absolute Gasteiger partial charge is 0.222 e. The number of hydrogen-bond acceptors (Lipinski definition) is 4. The Hall–Kier alpha value is -1.92. The average Bonchev–Trinajstić information content (AvgIpc) is 2.61. The van der Waals surface area contributed by atoms with Crippen molar-refractivity contribution in [3.63, 3.8) is 0 Å². The first kappa shape index (κ1) is 20.4. The van der Waals surface area contributed by atoms with Crippen LogP contribution in [-0.4, -0.2) is 45.2 Å². The molecule has 0 radical (unpaired) electrons. The maximum Gasteiger partial charge on any atom is 0.222 e. The van der Waals surface area contributed by atoms with E-state index in [0.29, 0.717) is 13.2 Å². The summed E-state index contributed by atoms with van der Waals surface area (Å²) >= 11 is 0. The van der Waals surface area contributed by atoms with Gasteiger partial charge in [-0.15, -0.1) is 0 Å². The Morgan fingerprint density at radius 3 is 2.46 bits per heavy atom. The molecule has 1 fully saturated rings. The molecule has 6 nitrogen and oxygen atoms in total. The second kappa shape index (κ2) is 9.69. The van der Waals surface area contributed by atoms with Crippen LogP contribution in [0.15, 0.2) is 24.3 Å². The molecule has 1 aliphatic rings. The summed E-state index contributed by atoms with van der Waals surface area (Å²) in [6, 6.07) is 7.58. The Bertz CT molecular complexity index is 589. The molecule has 0 saturated carbocycles. The molecule has 1 unspecified atom stereocenters. The third-order valence-electron chi connectivity index (χ3n) is 5.02. The van der Waals surface area contributed by atoms with E-state index in [4.69, 9.17) is 4.74 Å². The Balaban J connectivity index is 1.97. The normalized spacial score (nSPS) is 17.3. The van der Waals surface area contributed by atoms with Crippen molar-refractivity contribution in [2.45, 2.75) is 39.2 Å². The third kappa shape index (κ3) is 6.11. The number of hydrogen-bond donors (Lipinski definition) is 3. The van der Waals surface area contributed by atoms with Gasteiger partial charge in [-0.3, -0.25) is 9.59 Å². The van der Waals surface area contributed by atoms with E-state index in [-0.39, 0.29) is 29.7 Å². The number of rotatable bonds is 8. The van der Waals surface area contributed by atoms with Gasteiger partial charge in [0.25, 0.3) is 0 Å². The van der Waals surface area contributed by atoms with E-state index in [1.165, 1.54) is 6.92 Å². The van der Waals surface area contributed by atoms with E-state index in [9.17, 15) is 9.59 Å². The standard InChI is InChI=1S/C20H31N3O3/c1-15-4-6-17(7-5-15)18(23-16(2)24)12-19(25)22-13-20(14-26-3)8-10-21-11-9-20/h4-7,18,21H,8-14H2,1-3H3,(H,22,25)(H,23,24). The molecule has 1 heterocycles. The summed E-state index contributed by atoms with van der Waals surface area (Å²) in [6.07, 6.45) is 2.19. The fraction of sp³-hybridized carbons (Fsp3) is 0.600. The summed E-state index contributed by atoms with van der Waals surface area (Å²) < 4.78 is 5.40. The molecule has 1 aliphatic heterocycles. The molecule has 26 heavy (non-hydrogen) atoms. The van der Waals surface area contributed by atoms with Gasteiger partial charge >= 0.3 is 0 Å². The van der Waals surface area contributed by atoms with Gasteiger partial charge < -0.3 is 20.7 Å². The van der Waals surface area contributed by atoms with Crippen molar-refractivity contribution in [3.8, 4) is 0 Å². The predicted molar refractivity (Wildman–Crippen MR) is 102 cm³/mol. The summed E-state index contributed by atoms with van der Waals surface area (Å²) in [5, 5.41) is 9.30. The summed E-state index contributed by atoms with van der Waals surface area (Å²) in [7, 11) is 1.70. The molecule has 3 N–H and O–H groups in total. The molecule has 1 aromatic rings. The topological polar surface area (TPSA) is 79.5 Å². The molecule has 2 rings (SSSR count). The number of ether oxygens (including phenoxy) is 1. The number of benzene rings is 1. The van der Waals surface area contributed by atoms with Crippen molar-refractivity contribution in [2.75, 3.05) is 33.4 Å². The van der Waals surface area contributed by atoms with Crippen molar-refractivity contribution in [2.24, 2.45) is 5.41 Å². The fourth-order valence-electron chi connectivity index (χ4n) is 3.48. The van der Waals surface area contributed by atoms with Gasteiger partial charge in [-0.1, -0.05) is 29.8 Å². The number of nitrogens with one attached hydrogen (secondary N) is 3. The molecule has 0 spiro atoms. The highest BCUT2D eigenvalue weighted by atomic mass is 16.5. The lowest BCUT2D eigenvalue weighted by atomic mass is 9.79. The molecule has 1 saturated heterocycles. The van der Waals surface area contributed by atoms with E-state index in [2.05, 4.69) is 16.0 Å². The van der Waals surface area contributed by atoms with Crippen LogP contribution in [0.25, 0.3) is 0 Å². The monoisotopic (exact) mass is 361 g/mol. The molecular weight excluding hydrogens is 330 g/mol. The van der Waals surface area contributed by atoms with Crippen LogP contribution in [0.1, 0.15) is 43.4 Å². The van der Waals surface area contributed by atoms with Crippen LogP contribution >= 0.6 is 0 Å². The van der Waals surface area contributed by atoms with Crippen molar-refractivity contribution >= 4 is 11.8 Å². The van der Waals surface area contributed by atoms with E-state index in [0.717, 1.165) is 37.1 Å². The first-order valence-corrected chi connectivity index (χ1v) is 9.24. The van der Waals surface area contributed by atoms with Gasteiger partial charge in [0.05, 0.1) is 19.1 Å². The van der Waals surface area contributed by atoms with Crippen molar-refractivity contribution in [3.05, 3.63) is 35.4 Å². The van der Waals surface area contributed by atoms with Crippen LogP contribution in [0.3, 0.4) is 0 Å². The zero-order valence-corrected chi connectivity index (χ0v) is 16.1. The summed E-state index contributed by atoms with van der Waals surface area (Å²) in [5.74, 6) is -0.198. The van der Waals surface area contributed by atoms with E-state index in [1.54, 1.807) is 7.11 Å². The van der Waals surface area contributed by atoms with Crippen LogP contribution in [-0.2, 0) is 14.3 Å². The highest BCUT2D eigenvalue weighted by Gasteiger charge is 2.32. The van der Waals surface area contributed by atoms with Crippen molar-refractivity contribution in [1.82, 2.24) is 16.0 Å². The fourth-order valence-corrected chi connectivity index (χ4v) is 3.48. The molecule has 6 heteroatoms. The lowest BCUT2D eigenvalue weighted by Gasteiger charge is -2.37. The van der Waals surface area contributed by atoms with Gasteiger partial charge in [-0.25, -0.2) is 0 Å². The van der Waals surface area contributed by atoms with Gasteiger partial charge in [0.15, 0.2) is 0 Å². The van der Waals surface area contributed by atoms with E-state index >= 15 is 0 Å². The minimum atomic E-state index is -0.320. The maximum atomic E-state index is 12.5. The predicted octanol–water partition coefficient (Wildman–Crippen LogP) is 1.69. The Morgan fingerprint density at radius 2 is 1.88 bits per heavy atom. The summed E-state index contributed by atoms with van der Waals surface area (Å²) in [6.45, 7) is 6.61. The molecular formula is C20H31N3O3. The Labute approximate surface area is 156 Å². The van der Waals surface area contributed by atoms with Gasteiger partial charge in [0.1, 0.15) is 0 Å². The third-order valence-corrected chi connectivity index (χ3v) is 5.02. The van der Waals surface area contributed by atoms with Gasteiger partial charge in [0.2, 0.25) is 11.8 Å². The maximum absolute atomic E-state index is 12.5. The second-order valence-electron chi connectivity index (χ2n) is 7.33. The number of carbonyl (C=O) groups excluding carboxylic acids is 2. The molecule has 1 atom stereocenters. The van der Waals surface area contributed by atoms with Crippen LogP contribution in [0.5, 0.6) is 0 Å². The zero-order valence-electron chi connectivity index (χ0n) is 16.1. The van der Waals surface area contributed by atoms with E-state index in [1.807, 2.05) is 31.2 Å². The molecule has 2 amide bonds. The minimum absolute atomic E-state index is 0.0109. The SMILES string of the molecule is COCC1(CNC(=O)CC(NC(C)=O)c2ccc(C)cc2)CCNCC1. The summed E-state index contributed by atoms with van der Waals surface area (Å²) in [4.78, 5) is 24.1. The number of aryl methyl sites for hydroxylation is 1. The van der Waals surface area contributed by atoms with Crippen LogP contribution < -0.4 is 16.0 Å². The Morgan fingerprint density at radius 1 is 1.23 bits per heavy atom. The lowest BCUT2D eigenvalue weighted by molar-refractivity contribution is -0.123. The first-order chi connectivity index (χ1) is 12.4. The number of piperidine rings is 1. The number of methoxy groups -OCH3 is 1. The molecule has 1 aromatic carbocycles.